The SMILES string of the molecule is CCc1ccccc1NC(=O)CNC(=O)COC(=O)c1ccccc1[S@](C)=O. The number of aryl methyl sites for hydroxylation is 1. The fourth-order valence-corrected chi connectivity index (χ4v) is 3.20. The van der Waals surface area contributed by atoms with Gasteiger partial charge in [0.2, 0.25) is 5.91 Å². The molecular formula is C20H22N2O5S. The third kappa shape index (κ3) is 6.02. The third-order valence-electron chi connectivity index (χ3n) is 3.87. The molecule has 2 rings (SSSR count). The van der Waals surface area contributed by atoms with Crippen molar-refractivity contribution in [2.24, 2.45) is 0 Å². The van der Waals surface area contributed by atoms with Crippen LogP contribution in [-0.2, 0) is 31.5 Å². The number of esters is 1. The van der Waals surface area contributed by atoms with Crippen molar-refractivity contribution >= 4 is 34.3 Å². The maximum Gasteiger partial charge on any atom is 0.339 e. The molecule has 0 bridgehead atoms. The topological polar surface area (TPSA) is 102 Å². The number of carbonyl (C=O) groups excluding carboxylic acids is 3. The average Bonchev–Trinajstić information content (AvgIpc) is 2.70. The summed E-state index contributed by atoms with van der Waals surface area (Å²) in [4.78, 5) is 36.3. The molecule has 0 aliphatic carbocycles. The van der Waals surface area contributed by atoms with E-state index in [1.165, 1.54) is 12.3 Å². The number of hydrogen-bond acceptors (Lipinski definition) is 5. The van der Waals surface area contributed by atoms with Crippen molar-refractivity contribution in [3.8, 4) is 0 Å². The summed E-state index contributed by atoms with van der Waals surface area (Å²) >= 11 is 0. The minimum absolute atomic E-state index is 0.144. The molecule has 0 aliphatic rings. The Bertz CT molecular complexity index is 898. The number of nitrogens with one attached hydrogen (secondary N) is 2. The van der Waals surface area contributed by atoms with Gasteiger partial charge in [-0.1, -0.05) is 37.3 Å². The molecule has 2 N–H and O–H groups in total. The van der Waals surface area contributed by atoms with Gasteiger partial charge in [0.05, 0.1) is 27.8 Å². The zero-order valence-electron chi connectivity index (χ0n) is 15.7. The largest absolute Gasteiger partial charge is 0.452 e. The summed E-state index contributed by atoms with van der Waals surface area (Å²) in [5.74, 6) is -1.74. The van der Waals surface area contributed by atoms with Gasteiger partial charge in [-0.15, -0.1) is 0 Å². The Labute approximate surface area is 165 Å². The maximum absolute atomic E-state index is 12.1. The second kappa shape index (κ2) is 10.4. The number of para-hydroxylation sites is 1. The number of benzene rings is 2. The van der Waals surface area contributed by atoms with Crippen LogP contribution in [0.15, 0.2) is 53.4 Å². The molecule has 0 fully saturated rings. The maximum atomic E-state index is 12.1. The number of ether oxygens (including phenoxy) is 1. The van der Waals surface area contributed by atoms with Gasteiger partial charge in [0, 0.05) is 11.9 Å². The Morgan fingerprint density at radius 2 is 1.68 bits per heavy atom. The smallest absolute Gasteiger partial charge is 0.339 e. The van der Waals surface area contributed by atoms with Crippen LogP contribution in [0.25, 0.3) is 0 Å². The summed E-state index contributed by atoms with van der Waals surface area (Å²) in [5, 5.41) is 5.13. The van der Waals surface area contributed by atoms with E-state index in [2.05, 4.69) is 10.6 Å². The monoisotopic (exact) mass is 402 g/mol. The standard InChI is InChI=1S/C20H22N2O5S/c1-3-14-8-4-6-10-16(14)22-18(23)12-21-19(24)13-27-20(25)15-9-5-7-11-17(15)28(2)26/h4-11H,3,12-13H2,1-2H3,(H,21,24)(H,22,23)/t28-/m0/s1. The van der Waals surface area contributed by atoms with E-state index >= 15 is 0 Å². The number of anilines is 1. The highest BCUT2D eigenvalue weighted by Crippen LogP contribution is 2.15. The summed E-state index contributed by atoms with van der Waals surface area (Å²) in [6.45, 7) is 1.19. The second-order valence-corrected chi connectivity index (χ2v) is 7.21. The fraction of sp³-hybridized carbons (Fsp3) is 0.250. The van der Waals surface area contributed by atoms with Crippen LogP contribution in [0.1, 0.15) is 22.8 Å². The Morgan fingerprint density at radius 3 is 2.39 bits per heavy atom. The molecule has 0 spiro atoms. The lowest BCUT2D eigenvalue weighted by atomic mass is 10.1. The molecule has 0 aromatic heterocycles. The highest BCUT2D eigenvalue weighted by Gasteiger charge is 2.16. The Hall–Kier alpha value is -3.00. The van der Waals surface area contributed by atoms with Crippen LogP contribution < -0.4 is 10.6 Å². The molecule has 7 nitrogen and oxygen atoms in total. The Kier molecular flexibility index (Phi) is 7.88. The van der Waals surface area contributed by atoms with Crippen molar-refractivity contribution in [2.45, 2.75) is 18.2 Å². The van der Waals surface area contributed by atoms with E-state index < -0.39 is 29.3 Å². The summed E-state index contributed by atoms with van der Waals surface area (Å²) in [5.41, 5.74) is 1.83. The molecule has 2 aromatic rings. The molecular weight excluding hydrogens is 380 g/mol. The van der Waals surface area contributed by atoms with E-state index in [-0.39, 0.29) is 18.0 Å². The molecule has 0 radical (unpaired) electrons. The summed E-state index contributed by atoms with van der Waals surface area (Å²) in [6.07, 6.45) is 2.22. The highest BCUT2D eigenvalue weighted by molar-refractivity contribution is 7.84. The van der Waals surface area contributed by atoms with Crippen LogP contribution in [0.4, 0.5) is 5.69 Å². The average molecular weight is 402 g/mol. The van der Waals surface area contributed by atoms with Gasteiger partial charge in [-0.3, -0.25) is 13.8 Å². The molecule has 148 valence electrons. The van der Waals surface area contributed by atoms with Crippen molar-refractivity contribution in [3.05, 3.63) is 59.7 Å². The van der Waals surface area contributed by atoms with Crippen LogP contribution in [0.3, 0.4) is 0 Å². The first-order valence-corrected chi connectivity index (χ1v) is 10.2. The summed E-state index contributed by atoms with van der Waals surface area (Å²) in [6, 6.07) is 13.7. The first-order chi connectivity index (χ1) is 13.4. The minimum atomic E-state index is -1.36. The van der Waals surface area contributed by atoms with Crippen LogP contribution in [-0.4, -0.2) is 41.4 Å². The number of amides is 2. The summed E-state index contributed by atoms with van der Waals surface area (Å²) < 4.78 is 16.6. The Morgan fingerprint density at radius 1 is 1.00 bits per heavy atom. The van der Waals surface area contributed by atoms with E-state index in [0.717, 1.165) is 12.0 Å². The lowest BCUT2D eigenvalue weighted by Gasteiger charge is -2.11. The Balaban J connectivity index is 1.82. The van der Waals surface area contributed by atoms with E-state index in [4.69, 9.17) is 4.74 Å². The minimum Gasteiger partial charge on any atom is -0.452 e. The van der Waals surface area contributed by atoms with Crippen molar-refractivity contribution in [3.63, 3.8) is 0 Å². The van der Waals surface area contributed by atoms with Crippen molar-refractivity contribution in [1.29, 1.82) is 0 Å². The molecule has 0 saturated carbocycles. The van der Waals surface area contributed by atoms with Gasteiger partial charge in [-0.25, -0.2) is 4.79 Å². The number of carbonyl (C=O) groups is 3. The highest BCUT2D eigenvalue weighted by atomic mass is 32.2. The van der Waals surface area contributed by atoms with E-state index in [9.17, 15) is 18.6 Å². The normalized spacial score (nSPS) is 11.4. The third-order valence-corrected chi connectivity index (χ3v) is 4.84. The van der Waals surface area contributed by atoms with E-state index in [1.807, 2.05) is 25.1 Å². The molecule has 0 heterocycles. The van der Waals surface area contributed by atoms with Crippen molar-refractivity contribution in [2.75, 3.05) is 24.7 Å². The van der Waals surface area contributed by atoms with Crippen molar-refractivity contribution in [1.82, 2.24) is 5.32 Å². The quantitative estimate of drug-likeness (QED) is 0.657. The zero-order chi connectivity index (χ0) is 20.5. The van der Waals surface area contributed by atoms with Crippen LogP contribution in [0.5, 0.6) is 0 Å². The molecule has 0 aliphatic heterocycles. The van der Waals surface area contributed by atoms with Crippen LogP contribution in [0.2, 0.25) is 0 Å². The van der Waals surface area contributed by atoms with Crippen LogP contribution in [0, 0.1) is 0 Å². The van der Waals surface area contributed by atoms with Gasteiger partial charge >= 0.3 is 5.97 Å². The van der Waals surface area contributed by atoms with E-state index in [1.54, 1.807) is 24.3 Å². The zero-order valence-corrected chi connectivity index (χ0v) is 16.5. The predicted octanol–water partition coefficient (Wildman–Crippen LogP) is 1.90. The van der Waals surface area contributed by atoms with Gasteiger partial charge < -0.3 is 15.4 Å². The van der Waals surface area contributed by atoms with Gasteiger partial charge in [0.25, 0.3) is 5.91 Å². The van der Waals surface area contributed by atoms with Crippen LogP contribution >= 0.6 is 0 Å². The van der Waals surface area contributed by atoms with Crippen molar-refractivity contribution < 1.29 is 23.3 Å². The van der Waals surface area contributed by atoms with E-state index in [0.29, 0.717) is 10.6 Å². The molecule has 8 heteroatoms. The molecule has 28 heavy (non-hydrogen) atoms. The number of hydrogen-bond donors (Lipinski definition) is 2. The lowest BCUT2D eigenvalue weighted by Crippen LogP contribution is -2.35. The molecule has 2 amide bonds. The first-order valence-electron chi connectivity index (χ1n) is 8.66. The molecule has 1 atom stereocenters. The predicted molar refractivity (Wildman–Crippen MR) is 107 cm³/mol. The van der Waals surface area contributed by atoms with Gasteiger partial charge in [0.15, 0.2) is 6.61 Å². The lowest BCUT2D eigenvalue weighted by molar-refractivity contribution is -0.126. The molecule has 2 aromatic carbocycles. The molecule has 0 unspecified atom stereocenters. The number of rotatable bonds is 8. The van der Waals surface area contributed by atoms with Gasteiger partial charge in [-0.2, -0.15) is 0 Å². The van der Waals surface area contributed by atoms with Gasteiger partial charge in [-0.05, 0) is 30.2 Å². The van der Waals surface area contributed by atoms with Gasteiger partial charge in [0.1, 0.15) is 0 Å². The first kappa shape index (κ1) is 21.3. The second-order valence-electron chi connectivity index (χ2n) is 5.86. The molecule has 0 saturated heterocycles. The summed E-state index contributed by atoms with van der Waals surface area (Å²) in [7, 11) is -1.36. The fourth-order valence-electron chi connectivity index (χ4n) is 2.47.